The number of ether oxygens (including phenoxy) is 2. The second kappa shape index (κ2) is 8.72. The molecule has 2 fully saturated rings. The minimum atomic E-state index is -3.04. The van der Waals surface area contributed by atoms with Crippen molar-refractivity contribution in [3.63, 3.8) is 0 Å². The maximum Gasteiger partial charge on any atom is 0.358 e. The summed E-state index contributed by atoms with van der Waals surface area (Å²) in [7, 11) is 0. The summed E-state index contributed by atoms with van der Waals surface area (Å²) in [6.45, 7) is 4.98. The molecule has 0 aromatic rings. The smallest absolute Gasteiger partial charge is 0.358 e. The summed E-state index contributed by atoms with van der Waals surface area (Å²) in [5.74, 6) is -0.0931. The lowest BCUT2D eigenvalue weighted by atomic mass is 9.82. The molecule has 136 valence electrons. The fourth-order valence-electron chi connectivity index (χ4n) is 3.72. The van der Waals surface area contributed by atoms with Crippen molar-refractivity contribution in [3.05, 3.63) is 0 Å². The molecule has 0 amide bonds. The van der Waals surface area contributed by atoms with Gasteiger partial charge in [0.25, 0.3) is 0 Å². The zero-order valence-electron chi connectivity index (χ0n) is 14.6. The fourth-order valence-corrected chi connectivity index (χ4v) is 3.72. The Balaban J connectivity index is 1.78. The van der Waals surface area contributed by atoms with E-state index in [1.54, 1.807) is 0 Å². The summed E-state index contributed by atoms with van der Waals surface area (Å²) in [6.07, 6.45) is 3.43. The molecule has 3 unspecified atom stereocenters. The van der Waals surface area contributed by atoms with Crippen LogP contribution in [0.25, 0.3) is 0 Å². The van der Waals surface area contributed by atoms with Gasteiger partial charge in [0.2, 0.25) is 0 Å². The van der Waals surface area contributed by atoms with E-state index in [-0.39, 0.29) is 12.1 Å². The van der Waals surface area contributed by atoms with Gasteiger partial charge in [0.05, 0.1) is 18.1 Å². The van der Waals surface area contributed by atoms with Crippen molar-refractivity contribution in [2.24, 2.45) is 17.6 Å². The molecule has 0 aromatic carbocycles. The van der Waals surface area contributed by atoms with Crippen LogP contribution >= 0.6 is 0 Å². The molecule has 3 atom stereocenters. The Morgan fingerprint density at radius 2 is 1.78 bits per heavy atom. The van der Waals surface area contributed by atoms with Gasteiger partial charge in [-0.3, -0.25) is 0 Å². The molecule has 2 saturated carbocycles. The molecule has 23 heavy (non-hydrogen) atoms. The molecule has 0 bridgehead atoms. The number of halogens is 2. The van der Waals surface area contributed by atoms with Gasteiger partial charge in [0, 0.05) is 12.6 Å². The first-order chi connectivity index (χ1) is 10.9. The minimum Gasteiger partial charge on any atom is -0.378 e. The van der Waals surface area contributed by atoms with Crippen LogP contribution in [0.2, 0.25) is 0 Å². The summed E-state index contributed by atoms with van der Waals surface area (Å²) in [5.41, 5.74) is 6.09. The van der Waals surface area contributed by atoms with Crippen molar-refractivity contribution in [2.45, 2.75) is 96.0 Å². The van der Waals surface area contributed by atoms with Crippen molar-refractivity contribution in [1.82, 2.24) is 0 Å². The van der Waals surface area contributed by atoms with Crippen LogP contribution in [-0.4, -0.2) is 31.0 Å². The molecule has 0 aromatic heterocycles. The lowest BCUT2D eigenvalue weighted by molar-refractivity contribution is -0.304. The maximum absolute atomic E-state index is 14.4. The van der Waals surface area contributed by atoms with Crippen LogP contribution < -0.4 is 5.73 Å². The molecule has 3 nitrogen and oxygen atoms in total. The van der Waals surface area contributed by atoms with Gasteiger partial charge in [-0.25, -0.2) is 0 Å². The van der Waals surface area contributed by atoms with Gasteiger partial charge >= 0.3 is 6.11 Å². The average molecular weight is 333 g/mol. The van der Waals surface area contributed by atoms with E-state index in [1.807, 2.05) is 0 Å². The van der Waals surface area contributed by atoms with Crippen LogP contribution in [0.3, 0.4) is 0 Å². The quantitative estimate of drug-likeness (QED) is 0.698. The van der Waals surface area contributed by atoms with Gasteiger partial charge in [-0.2, -0.15) is 8.78 Å². The third-order valence-electron chi connectivity index (χ3n) is 5.44. The largest absolute Gasteiger partial charge is 0.378 e. The highest BCUT2D eigenvalue weighted by Gasteiger charge is 2.45. The van der Waals surface area contributed by atoms with Gasteiger partial charge in [0.15, 0.2) is 0 Å². The standard InChI is InChI=1S/C18H33F2NO2/c1-3-4-11-22-15-9-10-17(16(21)12-15)23-18(19,20)14-7-5-13(2)6-8-14/h13-17H,3-12,21H2,1-2H3. The Bertz CT molecular complexity index is 346. The number of hydrogen-bond acceptors (Lipinski definition) is 3. The summed E-state index contributed by atoms with van der Waals surface area (Å²) < 4.78 is 39.9. The Kier molecular flexibility index (Phi) is 7.23. The molecule has 2 aliphatic rings. The minimum absolute atomic E-state index is 0.0977. The van der Waals surface area contributed by atoms with Crippen LogP contribution in [0.15, 0.2) is 0 Å². The third-order valence-corrected chi connectivity index (χ3v) is 5.44. The average Bonchev–Trinajstić information content (AvgIpc) is 2.50. The summed E-state index contributed by atoms with van der Waals surface area (Å²) in [6, 6.07) is -0.358. The molecule has 5 heteroatoms. The van der Waals surface area contributed by atoms with E-state index in [0.29, 0.717) is 31.6 Å². The highest BCUT2D eigenvalue weighted by atomic mass is 19.3. The highest BCUT2D eigenvalue weighted by molar-refractivity contribution is 4.86. The van der Waals surface area contributed by atoms with E-state index in [0.717, 1.165) is 38.7 Å². The van der Waals surface area contributed by atoms with Crippen molar-refractivity contribution >= 4 is 0 Å². The number of alkyl halides is 2. The van der Waals surface area contributed by atoms with Crippen molar-refractivity contribution in [3.8, 4) is 0 Å². The van der Waals surface area contributed by atoms with E-state index < -0.39 is 18.1 Å². The van der Waals surface area contributed by atoms with Crippen molar-refractivity contribution in [2.75, 3.05) is 6.61 Å². The lowest BCUT2D eigenvalue weighted by Crippen LogP contribution is -2.49. The van der Waals surface area contributed by atoms with Crippen LogP contribution in [0.5, 0.6) is 0 Å². The summed E-state index contributed by atoms with van der Waals surface area (Å²) in [4.78, 5) is 0. The highest BCUT2D eigenvalue weighted by Crippen LogP contribution is 2.41. The lowest BCUT2D eigenvalue weighted by Gasteiger charge is -2.39. The SMILES string of the molecule is CCCCOC1CCC(OC(F)(F)C2CCC(C)CC2)C(N)C1. The second-order valence-corrected chi connectivity index (χ2v) is 7.50. The van der Waals surface area contributed by atoms with Gasteiger partial charge < -0.3 is 15.2 Å². The van der Waals surface area contributed by atoms with E-state index in [1.165, 1.54) is 0 Å². The van der Waals surface area contributed by atoms with Crippen molar-refractivity contribution < 1.29 is 18.3 Å². The topological polar surface area (TPSA) is 44.5 Å². The van der Waals surface area contributed by atoms with E-state index in [4.69, 9.17) is 15.2 Å². The Morgan fingerprint density at radius 3 is 2.39 bits per heavy atom. The Hall–Kier alpha value is -0.260. The van der Waals surface area contributed by atoms with Gasteiger partial charge in [-0.05, 0) is 44.4 Å². The predicted molar refractivity (Wildman–Crippen MR) is 87.4 cm³/mol. The molecule has 0 aliphatic heterocycles. The summed E-state index contributed by atoms with van der Waals surface area (Å²) in [5, 5.41) is 0. The maximum atomic E-state index is 14.4. The molecule has 0 saturated heterocycles. The number of rotatable bonds is 7. The Labute approximate surface area is 139 Å². The molecular weight excluding hydrogens is 300 g/mol. The molecule has 0 heterocycles. The van der Waals surface area contributed by atoms with Crippen molar-refractivity contribution in [1.29, 1.82) is 0 Å². The van der Waals surface area contributed by atoms with Gasteiger partial charge in [-0.15, -0.1) is 0 Å². The first-order valence-electron chi connectivity index (χ1n) is 9.35. The summed E-state index contributed by atoms with van der Waals surface area (Å²) >= 11 is 0. The number of unbranched alkanes of at least 4 members (excludes halogenated alkanes) is 1. The number of hydrogen-bond donors (Lipinski definition) is 1. The van der Waals surface area contributed by atoms with Crippen LogP contribution in [0.1, 0.15) is 71.6 Å². The fraction of sp³-hybridized carbons (Fsp3) is 1.00. The molecular formula is C18H33F2NO2. The van der Waals surface area contributed by atoms with E-state index >= 15 is 0 Å². The molecule has 2 N–H and O–H groups in total. The predicted octanol–water partition coefficient (Wildman–Crippen LogP) is 4.49. The molecule has 0 radical (unpaired) electrons. The molecule has 0 spiro atoms. The second-order valence-electron chi connectivity index (χ2n) is 7.50. The first-order valence-corrected chi connectivity index (χ1v) is 9.35. The van der Waals surface area contributed by atoms with Gasteiger partial charge in [-0.1, -0.05) is 33.1 Å². The third kappa shape index (κ3) is 5.64. The van der Waals surface area contributed by atoms with Crippen LogP contribution in [0, 0.1) is 11.8 Å². The van der Waals surface area contributed by atoms with E-state index in [9.17, 15) is 8.78 Å². The van der Waals surface area contributed by atoms with E-state index in [2.05, 4.69) is 13.8 Å². The van der Waals surface area contributed by atoms with Gasteiger partial charge in [0.1, 0.15) is 0 Å². The number of nitrogens with two attached hydrogens (primary N) is 1. The zero-order chi connectivity index (χ0) is 16.9. The molecule has 2 aliphatic carbocycles. The molecule has 2 rings (SSSR count). The zero-order valence-corrected chi connectivity index (χ0v) is 14.6. The van der Waals surface area contributed by atoms with Crippen LogP contribution in [-0.2, 0) is 9.47 Å². The normalized spacial score (nSPS) is 36.1. The van der Waals surface area contributed by atoms with Crippen LogP contribution in [0.4, 0.5) is 8.78 Å². The first kappa shape index (κ1) is 19.1. The Morgan fingerprint density at radius 1 is 1.09 bits per heavy atom. The monoisotopic (exact) mass is 333 g/mol.